The van der Waals surface area contributed by atoms with E-state index in [1.165, 1.54) is 5.39 Å². The second-order valence-corrected chi connectivity index (χ2v) is 9.45. The minimum Gasteiger partial charge on any atom is -0.456 e. The van der Waals surface area contributed by atoms with Gasteiger partial charge in [-0.05, 0) is 46.5 Å². The van der Waals surface area contributed by atoms with Crippen LogP contribution in [0.25, 0.3) is 77.0 Å². The topological polar surface area (TPSA) is 38.9 Å². The van der Waals surface area contributed by atoms with Crippen molar-refractivity contribution >= 4 is 54.4 Å². The Morgan fingerprint density at radius 1 is 0.432 bits per heavy atom. The Morgan fingerprint density at radius 2 is 1.22 bits per heavy atom. The van der Waals surface area contributed by atoms with Crippen molar-refractivity contribution in [3.05, 3.63) is 121 Å². The van der Waals surface area contributed by atoms with Crippen LogP contribution in [0.4, 0.5) is 0 Å². The van der Waals surface area contributed by atoms with Crippen molar-refractivity contribution in [2.45, 2.75) is 0 Å². The first-order chi connectivity index (χ1) is 18.3. The molecule has 8 aromatic rings. The minimum absolute atomic E-state index is 0.717. The maximum Gasteiger partial charge on any atom is 0.160 e. The van der Waals surface area contributed by atoms with Crippen LogP contribution in [0.2, 0.25) is 0 Å². The smallest absolute Gasteiger partial charge is 0.160 e. The Labute approximate surface area is 212 Å². The van der Waals surface area contributed by atoms with E-state index in [2.05, 4.69) is 103 Å². The Morgan fingerprint density at radius 3 is 2.14 bits per heavy atom. The molecular weight excluding hydrogens is 452 g/mol. The van der Waals surface area contributed by atoms with Crippen LogP contribution < -0.4 is 0 Å². The van der Waals surface area contributed by atoms with Crippen molar-refractivity contribution in [1.82, 2.24) is 9.97 Å². The normalized spacial score (nSPS) is 11.8. The molecule has 0 radical (unpaired) electrons. The third-order valence-electron chi connectivity index (χ3n) is 7.23. The van der Waals surface area contributed by atoms with E-state index in [0.29, 0.717) is 5.82 Å². The molecule has 0 N–H and O–H groups in total. The molecule has 0 bridgehead atoms. The second-order valence-electron chi connectivity index (χ2n) is 9.45. The standard InChI is InChI=1S/C34H20N2O/c1-2-9-22(10-3-1)32-28-17-16-21-8-4-5-11-26(21)33(28)36-34(35-32)24-15-14-23-19-29-27-12-6-7-13-30(27)37-31(29)20-25(23)18-24/h1-20H. The van der Waals surface area contributed by atoms with Crippen LogP contribution in [-0.4, -0.2) is 9.97 Å². The number of nitrogens with zero attached hydrogens (tertiary/aromatic N) is 2. The number of para-hydroxylation sites is 1. The molecule has 0 fully saturated rings. The molecule has 0 atom stereocenters. The summed E-state index contributed by atoms with van der Waals surface area (Å²) in [6.45, 7) is 0. The van der Waals surface area contributed by atoms with Gasteiger partial charge in [0.1, 0.15) is 11.2 Å². The van der Waals surface area contributed by atoms with E-state index >= 15 is 0 Å². The number of aromatic nitrogens is 2. The zero-order valence-corrected chi connectivity index (χ0v) is 19.8. The lowest BCUT2D eigenvalue weighted by Gasteiger charge is -2.12. The fourth-order valence-corrected chi connectivity index (χ4v) is 5.42. The Kier molecular flexibility index (Phi) is 4.23. The van der Waals surface area contributed by atoms with E-state index in [1.807, 2.05) is 18.2 Å². The lowest BCUT2D eigenvalue weighted by atomic mass is 10.0. The van der Waals surface area contributed by atoms with Crippen LogP contribution in [0.15, 0.2) is 126 Å². The molecule has 0 saturated heterocycles. The number of benzene rings is 6. The van der Waals surface area contributed by atoms with Crippen molar-refractivity contribution in [1.29, 1.82) is 0 Å². The molecule has 0 aliphatic heterocycles. The van der Waals surface area contributed by atoms with Gasteiger partial charge in [0.2, 0.25) is 0 Å². The number of hydrogen-bond acceptors (Lipinski definition) is 3. The van der Waals surface area contributed by atoms with E-state index in [1.54, 1.807) is 0 Å². The number of furan rings is 1. The van der Waals surface area contributed by atoms with Crippen molar-refractivity contribution in [2.75, 3.05) is 0 Å². The van der Waals surface area contributed by atoms with Gasteiger partial charge in [-0.3, -0.25) is 0 Å². The predicted octanol–water partition coefficient (Wildman–Crippen LogP) is 9.17. The molecular formula is C34H20N2O. The average molecular weight is 473 g/mol. The third kappa shape index (κ3) is 3.14. The fourth-order valence-electron chi connectivity index (χ4n) is 5.42. The van der Waals surface area contributed by atoms with Gasteiger partial charge < -0.3 is 4.42 Å². The van der Waals surface area contributed by atoms with Crippen LogP contribution in [-0.2, 0) is 0 Å². The summed E-state index contributed by atoms with van der Waals surface area (Å²) < 4.78 is 6.16. The highest BCUT2D eigenvalue weighted by Crippen LogP contribution is 2.36. The van der Waals surface area contributed by atoms with Crippen LogP contribution in [0.5, 0.6) is 0 Å². The molecule has 0 spiro atoms. The zero-order chi connectivity index (χ0) is 24.3. The lowest BCUT2D eigenvalue weighted by Crippen LogP contribution is -1.96. The minimum atomic E-state index is 0.717. The summed E-state index contributed by atoms with van der Waals surface area (Å²) >= 11 is 0. The maximum atomic E-state index is 6.16. The average Bonchev–Trinajstić information content (AvgIpc) is 3.32. The molecule has 0 unspecified atom stereocenters. The van der Waals surface area contributed by atoms with Crippen LogP contribution in [0.1, 0.15) is 0 Å². The monoisotopic (exact) mass is 472 g/mol. The Balaban J connectivity index is 1.40. The molecule has 37 heavy (non-hydrogen) atoms. The summed E-state index contributed by atoms with van der Waals surface area (Å²) in [5.41, 5.74) is 5.77. The van der Waals surface area contributed by atoms with Gasteiger partial charge in [-0.2, -0.15) is 0 Å². The van der Waals surface area contributed by atoms with Crippen LogP contribution in [0.3, 0.4) is 0 Å². The Bertz CT molecular complexity index is 2140. The van der Waals surface area contributed by atoms with Gasteiger partial charge in [0.15, 0.2) is 5.82 Å². The molecule has 2 heterocycles. The molecule has 3 nitrogen and oxygen atoms in total. The van der Waals surface area contributed by atoms with E-state index in [4.69, 9.17) is 14.4 Å². The van der Waals surface area contributed by atoms with Crippen molar-refractivity contribution in [3.8, 4) is 22.6 Å². The largest absolute Gasteiger partial charge is 0.456 e. The van der Waals surface area contributed by atoms with Crippen LogP contribution >= 0.6 is 0 Å². The number of hydrogen-bond donors (Lipinski definition) is 0. The van der Waals surface area contributed by atoms with Crippen molar-refractivity contribution in [2.24, 2.45) is 0 Å². The molecule has 2 aromatic heterocycles. The van der Waals surface area contributed by atoms with Crippen molar-refractivity contribution < 1.29 is 4.42 Å². The first-order valence-electron chi connectivity index (χ1n) is 12.4. The van der Waals surface area contributed by atoms with Gasteiger partial charge in [-0.25, -0.2) is 9.97 Å². The number of fused-ring (bicyclic) bond motifs is 7. The van der Waals surface area contributed by atoms with E-state index in [0.717, 1.165) is 65.8 Å². The highest BCUT2D eigenvalue weighted by atomic mass is 16.3. The molecule has 8 rings (SSSR count). The van der Waals surface area contributed by atoms with Gasteiger partial charge in [0.25, 0.3) is 0 Å². The van der Waals surface area contributed by atoms with Gasteiger partial charge in [0.05, 0.1) is 11.2 Å². The zero-order valence-electron chi connectivity index (χ0n) is 19.8. The summed E-state index contributed by atoms with van der Waals surface area (Å²) in [6, 6.07) is 42.0. The second kappa shape index (κ2) is 7.74. The SMILES string of the molecule is c1ccc(-c2nc(-c3ccc4cc5c(cc4c3)oc3ccccc35)nc3c2ccc2ccccc23)cc1. The molecule has 172 valence electrons. The summed E-state index contributed by atoms with van der Waals surface area (Å²) in [6.07, 6.45) is 0. The third-order valence-corrected chi connectivity index (χ3v) is 7.23. The van der Waals surface area contributed by atoms with Crippen LogP contribution in [0, 0.1) is 0 Å². The van der Waals surface area contributed by atoms with Crippen molar-refractivity contribution in [3.63, 3.8) is 0 Å². The molecule has 6 aromatic carbocycles. The molecule has 0 saturated carbocycles. The number of rotatable bonds is 2. The molecule has 3 heteroatoms. The summed E-state index contributed by atoms with van der Waals surface area (Å²) in [5.74, 6) is 0.717. The van der Waals surface area contributed by atoms with Gasteiger partial charge in [-0.15, -0.1) is 0 Å². The molecule has 0 aliphatic carbocycles. The Hall–Kier alpha value is -5.02. The summed E-state index contributed by atoms with van der Waals surface area (Å²) in [7, 11) is 0. The first-order valence-corrected chi connectivity index (χ1v) is 12.4. The highest BCUT2D eigenvalue weighted by molar-refractivity contribution is 6.11. The van der Waals surface area contributed by atoms with Gasteiger partial charge in [-0.1, -0.05) is 91.0 Å². The van der Waals surface area contributed by atoms with E-state index in [-0.39, 0.29) is 0 Å². The van der Waals surface area contributed by atoms with Gasteiger partial charge >= 0.3 is 0 Å². The molecule has 0 amide bonds. The summed E-state index contributed by atoms with van der Waals surface area (Å²) in [5, 5.41) is 7.90. The highest BCUT2D eigenvalue weighted by Gasteiger charge is 2.15. The quantitative estimate of drug-likeness (QED) is 0.235. The fraction of sp³-hybridized carbons (Fsp3) is 0. The van der Waals surface area contributed by atoms with E-state index in [9.17, 15) is 0 Å². The van der Waals surface area contributed by atoms with Gasteiger partial charge in [0, 0.05) is 32.7 Å². The lowest BCUT2D eigenvalue weighted by molar-refractivity contribution is 0.669. The molecule has 0 aliphatic rings. The van der Waals surface area contributed by atoms with E-state index < -0.39 is 0 Å². The first kappa shape index (κ1) is 20.2. The maximum absolute atomic E-state index is 6.16. The summed E-state index contributed by atoms with van der Waals surface area (Å²) in [4.78, 5) is 10.2. The predicted molar refractivity (Wildman–Crippen MR) is 153 cm³/mol.